The van der Waals surface area contributed by atoms with Crippen molar-refractivity contribution in [3.63, 3.8) is 0 Å². The van der Waals surface area contributed by atoms with Crippen molar-refractivity contribution in [1.82, 2.24) is 15.1 Å². The van der Waals surface area contributed by atoms with Crippen LogP contribution in [0, 0.1) is 0 Å². The van der Waals surface area contributed by atoms with E-state index < -0.39 is 0 Å². The SMILES string of the molecule is O=C(CCSc1ccccc1)NCCn1nc(-c2ccco2)ccc1=O. The van der Waals surface area contributed by atoms with Crippen molar-refractivity contribution in [2.45, 2.75) is 17.9 Å². The summed E-state index contributed by atoms with van der Waals surface area (Å²) in [6, 6.07) is 16.6. The summed E-state index contributed by atoms with van der Waals surface area (Å²) >= 11 is 1.64. The number of amides is 1. The normalized spacial score (nSPS) is 10.6. The molecule has 0 bridgehead atoms. The topological polar surface area (TPSA) is 77.1 Å². The van der Waals surface area contributed by atoms with Crippen molar-refractivity contribution >= 4 is 17.7 Å². The lowest BCUT2D eigenvalue weighted by Gasteiger charge is -2.08. The van der Waals surface area contributed by atoms with Crippen LogP contribution in [0.3, 0.4) is 0 Å². The van der Waals surface area contributed by atoms with Crippen molar-refractivity contribution < 1.29 is 9.21 Å². The van der Waals surface area contributed by atoms with Crippen LogP contribution in [0.15, 0.2) is 75.0 Å². The number of nitrogens with zero attached hydrogens (tertiary/aromatic N) is 2. The van der Waals surface area contributed by atoms with Gasteiger partial charge in [0.15, 0.2) is 5.76 Å². The summed E-state index contributed by atoms with van der Waals surface area (Å²) in [4.78, 5) is 25.0. The number of aromatic nitrogens is 2. The van der Waals surface area contributed by atoms with Gasteiger partial charge in [0.2, 0.25) is 5.91 Å². The molecule has 1 N–H and O–H groups in total. The number of thioether (sulfide) groups is 1. The minimum atomic E-state index is -0.214. The van der Waals surface area contributed by atoms with Gasteiger partial charge in [0.1, 0.15) is 5.69 Å². The molecule has 0 atom stereocenters. The molecule has 1 aromatic carbocycles. The van der Waals surface area contributed by atoms with E-state index in [4.69, 9.17) is 4.42 Å². The van der Waals surface area contributed by atoms with Crippen LogP contribution >= 0.6 is 11.8 Å². The average Bonchev–Trinajstić information content (AvgIpc) is 3.19. The molecule has 26 heavy (non-hydrogen) atoms. The Hall–Kier alpha value is -2.80. The molecule has 0 radical (unpaired) electrons. The fourth-order valence-corrected chi connectivity index (χ4v) is 3.21. The molecule has 0 aliphatic heterocycles. The molecule has 3 aromatic rings. The summed E-state index contributed by atoms with van der Waals surface area (Å²) in [6.07, 6.45) is 1.98. The Labute approximate surface area is 155 Å². The number of rotatable bonds is 8. The van der Waals surface area contributed by atoms with E-state index >= 15 is 0 Å². The van der Waals surface area contributed by atoms with Gasteiger partial charge in [-0.15, -0.1) is 11.8 Å². The van der Waals surface area contributed by atoms with Crippen LogP contribution in [0.1, 0.15) is 6.42 Å². The number of benzene rings is 1. The van der Waals surface area contributed by atoms with Crippen LogP contribution < -0.4 is 10.9 Å². The number of nitrogens with one attached hydrogen (secondary N) is 1. The molecule has 3 rings (SSSR count). The molecule has 0 aliphatic rings. The lowest BCUT2D eigenvalue weighted by molar-refractivity contribution is -0.120. The van der Waals surface area contributed by atoms with Crippen molar-refractivity contribution in [1.29, 1.82) is 0 Å². The molecule has 0 saturated heterocycles. The first kappa shape index (κ1) is 18.0. The van der Waals surface area contributed by atoms with Crippen molar-refractivity contribution in [3.05, 3.63) is 71.2 Å². The maximum absolute atomic E-state index is 11.9. The van der Waals surface area contributed by atoms with E-state index in [1.54, 1.807) is 36.2 Å². The zero-order valence-corrected chi connectivity index (χ0v) is 14.9. The zero-order chi connectivity index (χ0) is 18.2. The molecule has 0 unspecified atom stereocenters. The monoisotopic (exact) mass is 369 g/mol. The number of carbonyl (C=O) groups is 1. The zero-order valence-electron chi connectivity index (χ0n) is 14.1. The molecule has 2 heterocycles. The highest BCUT2D eigenvalue weighted by Crippen LogP contribution is 2.17. The number of hydrogen-bond donors (Lipinski definition) is 1. The van der Waals surface area contributed by atoms with Gasteiger partial charge in [-0.05, 0) is 30.3 Å². The van der Waals surface area contributed by atoms with Crippen LogP contribution in [-0.4, -0.2) is 28.0 Å². The van der Waals surface area contributed by atoms with Crippen molar-refractivity contribution in [2.24, 2.45) is 0 Å². The van der Waals surface area contributed by atoms with Gasteiger partial charge in [-0.2, -0.15) is 5.10 Å². The standard InChI is InChI=1S/C19H19N3O3S/c23-18(10-14-26-15-5-2-1-3-6-15)20-11-12-22-19(24)9-8-16(21-22)17-7-4-13-25-17/h1-9,13H,10-12,14H2,(H,20,23). The fourth-order valence-electron chi connectivity index (χ4n) is 2.33. The molecule has 6 nitrogen and oxygen atoms in total. The highest BCUT2D eigenvalue weighted by Gasteiger charge is 2.06. The third-order valence-electron chi connectivity index (χ3n) is 3.63. The Morgan fingerprint density at radius 3 is 2.73 bits per heavy atom. The third kappa shape index (κ3) is 5.10. The molecule has 0 aliphatic carbocycles. The maximum atomic E-state index is 11.9. The van der Waals surface area contributed by atoms with E-state index in [1.807, 2.05) is 30.3 Å². The molecule has 0 spiro atoms. The Morgan fingerprint density at radius 2 is 1.96 bits per heavy atom. The quantitative estimate of drug-likeness (QED) is 0.618. The first-order chi connectivity index (χ1) is 12.7. The number of carbonyl (C=O) groups excluding carboxylic acids is 1. The Kier molecular flexibility index (Phi) is 6.27. The lowest BCUT2D eigenvalue weighted by Crippen LogP contribution is -2.32. The van der Waals surface area contributed by atoms with Crippen molar-refractivity contribution in [3.8, 4) is 11.5 Å². The van der Waals surface area contributed by atoms with E-state index in [9.17, 15) is 9.59 Å². The minimum Gasteiger partial charge on any atom is -0.463 e. The van der Waals surface area contributed by atoms with E-state index in [-0.39, 0.29) is 11.5 Å². The summed E-state index contributed by atoms with van der Waals surface area (Å²) < 4.78 is 6.62. The molecule has 0 fully saturated rings. The predicted molar refractivity (Wildman–Crippen MR) is 101 cm³/mol. The van der Waals surface area contributed by atoms with Gasteiger partial charge in [-0.1, -0.05) is 18.2 Å². The summed E-state index contributed by atoms with van der Waals surface area (Å²) in [6.45, 7) is 0.661. The summed E-state index contributed by atoms with van der Waals surface area (Å²) in [5, 5.41) is 7.09. The molecular formula is C19H19N3O3S. The van der Waals surface area contributed by atoms with Crippen LogP contribution in [-0.2, 0) is 11.3 Å². The van der Waals surface area contributed by atoms with Gasteiger partial charge in [0.25, 0.3) is 5.56 Å². The van der Waals surface area contributed by atoms with E-state index in [0.29, 0.717) is 36.7 Å². The summed E-state index contributed by atoms with van der Waals surface area (Å²) in [5.74, 6) is 1.27. The molecular weight excluding hydrogens is 350 g/mol. The maximum Gasteiger partial charge on any atom is 0.266 e. The molecule has 7 heteroatoms. The van der Waals surface area contributed by atoms with Gasteiger partial charge in [0.05, 0.1) is 12.8 Å². The van der Waals surface area contributed by atoms with Crippen LogP contribution in [0.25, 0.3) is 11.5 Å². The highest BCUT2D eigenvalue weighted by molar-refractivity contribution is 7.99. The average molecular weight is 369 g/mol. The Balaban J connectivity index is 1.45. The van der Waals surface area contributed by atoms with Gasteiger partial charge in [-0.3, -0.25) is 9.59 Å². The van der Waals surface area contributed by atoms with Crippen LogP contribution in [0.2, 0.25) is 0 Å². The first-order valence-corrected chi connectivity index (χ1v) is 9.27. The van der Waals surface area contributed by atoms with Gasteiger partial charge < -0.3 is 9.73 Å². The second-order valence-corrected chi connectivity index (χ2v) is 6.69. The predicted octanol–water partition coefficient (Wildman–Crippen LogP) is 2.80. The van der Waals surface area contributed by atoms with Gasteiger partial charge in [-0.25, -0.2) is 4.68 Å². The number of hydrogen-bond acceptors (Lipinski definition) is 5. The van der Waals surface area contributed by atoms with Gasteiger partial charge >= 0.3 is 0 Å². The minimum absolute atomic E-state index is 0.0383. The summed E-state index contributed by atoms with van der Waals surface area (Å²) in [5.41, 5.74) is 0.370. The smallest absolute Gasteiger partial charge is 0.266 e. The van der Waals surface area contributed by atoms with E-state index in [1.165, 1.54) is 10.7 Å². The Bertz CT molecular complexity index is 892. The lowest BCUT2D eigenvalue weighted by atomic mass is 10.3. The summed E-state index contributed by atoms with van der Waals surface area (Å²) in [7, 11) is 0. The van der Waals surface area contributed by atoms with E-state index in [0.717, 1.165) is 4.90 Å². The Morgan fingerprint density at radius 1 is 1.12 bits per heavy atom. The van der Waals surface area contributed by atoms with Crippen LogP contribution in [0.5, 0.6) is 0 Å². The highest BCUT2D eigenvalue weighted by atomic mass is 32.2. The van der Waals surface area contributed by atoms with Crippen LogP contribution in [0.4, 0.5) is 0 Å². The van der Waals surface area contributed by atoms with Gasteiger partial charge in [0, 0.05) is 29.7 Å². The fraction of sp³-hybridized carbons (Fsp3) is 0.211. The second kappa shape index (κ2) is 9.05. The molecule has 2 aromatic heterocycles. The van der Waals surface area contributed by atoms with E-state index in [2.05, 4.69) is 10.4 Å². The third-order valence-corrected chi connectivity index (χ3v) is 4.64. The number of furan rings is 1. The molecule has 0 saturated carbocycles. The first-order valence-electron chi connectivity index (χ1n) is 8.29. The second-order valence-electron chi connectivity index (χ2n) is 5.52. The van der Waals surface area contributed by atoms with Crippen molar-refractivity contribution in [2.75, 3.05) is 12.3 Å². The molecule has 1 amide bonds. The largest absolute Gasteiger partial charge is 0.463 e. The molecule has 134 valence electrons.